The molecule has 4 unspecified atom stereocenters. The molecule has 5 saturated heterocycles. The lowest BCUT2D eigenvalue weighted by Crippen LogP contribution is -2.68. The summed E-state index contributed by atoms with van der Waals surface area (Å²) in [4.78, 5) is 19.0. The lowest BCUT2D eigenvalue weighted by atomic mass is 9.86. The second-order valence-corrected chi connectivity index (χ2v) is 11.6. The van der Waals surface area contributed by atoms with E-state index in [0.29, 0.717) is 18.0 Å². The summed E-state index contributed by atoms with van der Waals surface area (Å²) < 4.78 is 5.10. The third kappa shape index (κ3) is 5.59. The quantitative estimate of drug-likeness (QED) is 0.586. The minimum absolute atomic E-state index is 0.676. The number of rotatable bonds is 7. The van der Waals surface area contributed by atoms with E-state index in [-0.39, 0.29) is 0 Å². The molecule has 196 valence electrons. The van der Waals surface area contributed by atoms with Crippen LogP contribution in [0.4, 0.5) is 0 Å². The van der Waals surface area contributed by atoms with Crippen molar-refractivity contribution in [2.45, 2.75) is 89.9 Å². The minimum Gasteiger partial charge on any atom is -0.481 e. The molecule has 0 amide bonds. The largest absolute Gasteiger partial charge is 0.481 e. The van der Waals surface area contributed by atoms with Gasteiger partial charge < -0.3 is 4.74 Å². The number of piperidine rings is 2. The topological polar surface area (TPSA) is 48.0 Å². The molecule has 5 aliphatic rings. The molecular formula is C29H44N6O. The fourth-order valence-electron chi connectivity index (χ4n) is 6.34. The first-order chi connectivity index (χ1) is 17.4. The Bertz CT molecular complexity index is 943. The van der Waals surface area contributed by atoms with Crippen LogP contribution < -0.4 is 4.74 Å². The van der Waals surface area contributed by atoms with Crippen molar-refractivity contribution in [1.82, 2.24) is 29.6 Å². The summed E-state index contributed by atoms with van der Waals surface area (Å²) in [6, 6.07) is 12.7. The molecule has 0 radical (unpaired) electrons. The van der Waals surface area contributed by atoms with Gasteiger partial charge in [-0.2, -0.15) is 0 Å². The molecular weight excluding hydrogens is 448 g/mol. The van der Waals surface area contributed by atoms with Gasteiger partial charge in [0.05, 0.1) is 7.11 Å². The fourth-order valence-corrected chi connectivity index (χ4v) is 6.34. The summed E-state index contributed by atoms with van der Waals surface area (Å²) in [5.41, 5.74) is 2.63. The molecule has 7 nitrogen and oxygen atoms in total. The van der Waals surface area contributed by atoms with Gasteiger partial charge in [0.25, 0.3) is 0 Å². The highest BCUT2D eigenvalue weighted by Gasteiger charge is 2.45. The van der Waals surface area contributed by atoms with E-state index in [1.165, 1.54) is 50.1 Å². The van der Waals surface area contributed by atoms with Crippen molar-refractivity contribution in [3.63, 3.8) is 0 Å². The van der Waals surface area contributed by atoms with Gasteiger partial charge in [0.1, 0.15) is 0 Å². The van der Waals surface area contributed by atoms with E-state index in [0.717, 1.165) is 37.3 Å². The smallest absolute Gasteiger partial charge is 0.212 e. The summed E-state index contributed by atoms with van der Waals surface area (Å²) in [6.07, 6.45) is 8.54. The number of fused-ring (bicyclic) bond motifs is 4. The zero-order valence-electron chi connectivity index (χ0n) is 22.8. The first kappa shape index (κ1) is 25.6. The Morgan fingerprint density at radius 1 is 0.778 bits per heavy atom. The van der Waals surface area contributed by atoms with Crippen molar-refractivity contribution < 1.29 is 4.74 Å². The Kier molecular flexibility index (Phi) is 7.91. The second-order valence-electron chi connectivity index (χ2n) is 11.6. The lowest BCUT2D eigenvalue weighted by molar-refractivity contribution is -0.0835. The molecule has 7 heteroatoms. The molecule has 7 heterocycles. The summed E-state index contributed by atoms with van der Waals surface area (Å²) >= 11 is 0. The number of methoxy groups -OCH3 is 1. The molecule has 36 heavy (non-hydrogen) atoms. The van der Waals surface area contributed by atoms with Gasteiger partial charge in [-0.3, -0.25) is 24.6 Å². The Morgan fingerprint density at radius 3 is 1.69 bits per heavy atom. The van der Waals surface area contributed by atoms with Crippen LogP contribution in [0.15, 0.2) is 42.9 Å². The number of aromatic nitrogens is 2. The van der Waals surface area contributed by atoms with E-state index in [9.17, 15) is 0 Å². The van der Waals surface area contributed by atoms with Crippen LogP contribution in [0, 0.1) is 0 Å². The number of hydrogen-bond acceptors (Lipinski definition) is 7. The molecule has 0 aromatic carbocycles. The van der Waals surface area contributed by atoms with Gasteiger partial charge in [0, 0.05) is 100 Å². The van der Waals surface area contributed by atoms with Gasteiger partial charge in [-0.25, -0.2) is 4.98 Å². The van der Waals surface area contributed by atoms with Crippen LogP contribution in [0.3, 0.4) is 0 Å². The summed E-state index contributed by atoms with van der Waals surface area (Å²) in [7, 11) is 1.66. The van der Waals surface area contributed by atoms with Crippen molar-refractivity contribution in [3.8, 4) is 5.88 Å². The molecule has 7 rings (SSSR count). The molecule has 0 N–H and O–H groups in total. The number of piperazine rings is 2. The van der Waals surface area contributed by atoms with Crippen LogP contribution in [0.2, 0.25) is 0 Å². The number of likely N-dealkylation sites (tertiary alicyclic amines) is 2. The van der Waals surface area contributed by atoms with Crippen LogP contribution in [-0.2, 0) is 13.1 Å². The molecule has 2 aromatic heterocycles. The molecule has 4 atom stereocenters. The van der Waals surface area contributed by atoms with E-state index in [1.807, 2.05) is 30.7 Å². The number of pyridine rings is 2. The maximum absolute atomic E-state index is 5.10. The average molecular weight is 493 g/mol. The zero-order chi connectivity index (χ0) is 25.2. The molecule has 0 saturated carbocycles. The Hall–Kier alpha value is -2.06. The lowest BCUT2D eigenvalue weighted by Gasteiger charge is -2.57. The third-order valence-electron chi connectivity index (χ3n) is 8.67. The summed E-state index contributed by atoms with van der Waals surface area (Å²) in [5.74, 6) is 0.693. The predicted molar refractivity (Wildman–Crippen MR) is 144 cm³/mol. The number of hydrogen-bond donors (Lipinski definition) is 0. The van der Waals surface area contributed by atoms with Crippen LogP contribution in [0.25, 0.3) is 0 Å². The molecule has 4 bridgehead atoms. The van der Waals surface area contributed by atoms with E-state index in [1.54, 1.807) is 7.11 Å². The van der Waals surface area contributed by atoms with Crippen molar-refractivity contribution in [2.75, 3.05) is 33.3 Å². The molecule has 2 aromatic rings. The molecule has 5 fully saturated rings. The highest BCUT2D eigenvalue weighted by molar-refractivity contribution is 5.19. The molecule has 0 aliphatic carbocycles. The Morgan fingerprint density at radius 2 is 1.31 bits per heavy atom. The third-order valence-corrected chi connectivity index (χ3v) is 8.67. The van der Waals surface area contributed by atoms with Crippen LogP contribution >= 0.6 is 0 Å². The first-order valence-corrected chi connectivity index (χ1v) is 13.8. The van der Waals surface area contributed by atoms with Crippen molar-refractivity contribution >= 4 is 0 Å². The molecule has 0 spiro atoms. The monoisotopic (exact) mass is 492 g/mol. The summed E-state index contributed by atoms with van der Waals surface area (Å²) in [6.45, 7) is 16.2. The van der Waals surface area contributed by atoms with E-state index in [2.05, 4.69) is 69.4 Å². The average Bonchev–Trinajstić information content (AvgIpc) is 2.91. The SMILES string of the molecule is CC(C)N1CC2CC(C1)N2Cc1cccnc1.COc1ccc(CN2C3CC2CN(C(C)C)C3)cn1. The van der Waals surface area contributed by atoms with Gasteiger partial charge in [0.15, 0.2) is 0 Å². The zero-order valence-corrected chi connectivity index (χ0v) is 22.8. The number of nitrogens with zero attached hydrogens (tertiary/aromatic N) is 6. The van der Waals surface area contributed by atoms with Gasteiger partial charge in [-0.1, -0.05) is 12.1 Å². The van der Waals surface area contributed by atoms with Gasteiger partial charge >= 0.3 is 0 Å². The summed E-state index contributed by atoms with van der Waals surface area (Å²) in [5, 5.41) is 0. The van der Waals surface area contributed by atoms with Crippen molar-refractivity contribution in [3.05, 3.63) is 54.0 Å². The fraction of sp³-hybridized carbons (Fsp3) is 0.655. The maximum atomic E-state index is 5.10. The van der Waals surface area contributed by atoms with Crippen LogP contribution in [0.5, 0.6) is 5.88 Å². The number of ether oxygens (including phenoxy) is 1. The first-order valence-electron chi connectivity index (χ1n) is 13.8. The normalized spacial score (nSPS) is 28.3. The van der Waals surface area contributed by atoms with Gasteiger partial charge in [-0.15, -0.1) is 0 Å². The van der Waals surface area contributed by atoms with E-state index >= 15 is 0 Å². The van der Waals surface area contributed by atoms with Gasteiger partial charge in [0.2, 0.25) is 5.88 Å². The molecule has 5 aliphatic heterocycles. The maximum Gasteiger partial charge on any atom is 0.212 e. The van der Waals surface area contributed by atoms with Crippen LogP contribution in [0.1, 0.15) is 51.7 Å². The highest BCUT2D eigenvalue weighted by Crippen LogP contribution is 2.35. The second kappa shape index (κ2) is 11.1. The Labute approximate surface area is 217 Å². The van der Waals surface area contributed by atoms with Crippen molar-refractivity contribution in [1.29, 1.82) is 0 Å². The predicted octanol–water partition coefficient (Wildman–Crippen LogP) is 3.51. The van der Waals surface area contributed by atoms with Crippen LogP contribution in [-0.4, -0.2) is 99.1 Å². The minimum atomic E-state index is 0.676. The van der Waals surface area contributed by atoms with E-state index < -0.39 is 0 Å². The Balaban J connectivity index is 0.000000149. The standard InChI is InChI=1S/C15H23N3O.C14H21N3/c1-11(2)17-9-13-6-14(10-17)18(13)8-12-4-5-15(19-3)16-7-12;1-11(2)16-9-13-6-14(10-16)17(13)8-12-4-3-5-15-7-12/h4-5,7,11,13-14H,6,8-10H2,1-3H3;3-5,7,11,13-14H,6,8-10H2,1-2H3. The van der Waals surface area contributed by atoms with Crippen molar-refractivity contribution in [2.24, 2.45) is 0 Å². The highest BCUT2D eigenvalue weighted by atomic mass is 16.5. The van der Waals surface area contributed by atoms with E-state index in [4.69, 9.17) is 4.74 Å². The van der Waals surface area contributed by atoms with Gasteiger partial charge in [-0.05, 0) is 57.7 Å².